The standard InChI is InChI=1S/C64H40N2OS/c1-2-15-52-42(12-1)32-39-56-62-50(19-10-23-59(62)67-64(52)56)43-28-35-47(36-29-43)65(48-37-30-44(31-38-48)51-20-11-25-61-63(51)55-18-5-8-24-60(55)68-61)46-33-26-41(27-34-46)45-13-9-14-49(40-45)66-57-21-6-3-16-53(57)54-17-4-7-22-58(54)66/h1-40H. The fourth-order valence-corrected chi connectivity index (χ4v) is 11.8. The van der Waals surface area contributed by atoms with Crippen molar-refractivity contribution in [3.63, 3.8) is 0 Å². The average molecular weight is 885 g/mol. The third kappa shape index (κ3) is 6.12. The number of furan rings is 1. The van der Waals surface area contributed by atoms with Crippen LogP contribution >= 0.6 is 11.3 Å². The summed E-state index contributed by atoms with van der Waals surface area (Å²) < 4.78 is 11.6. The molecule has 0 aliphatic carbocycles. The SMILES string of the molecule is c1cc(-c2ccc(N(c3ccc(-c4cccc5oc6c7ccccc7ccc6c45)cc3)c3ccc(-c4cccc5sc6ccccc6c45)cc3)cc2)cc(-n2c3ccccc3c3ccccc32)c1. The summed E-state index contributed by atoms with van der Waals surface area (Å²) in [6.45, 7) is 0. The second-order valence-electron chi connectivity index (χ2n) is 17.6. The molecular formula is C64H40N2OS. The maximum Gasteiger partial charge on any atom is 0.143 e. The van der Waals surface area contributed by atoms with E-state index in [0.717, 1.165) is 66.8 Å². The van der Waals surface area contributed by atoms with Crippen LogP contribution in [0.3, 0.4) is 0 Å². The second kappa shape index (κ2) is 15.5. The number of fused-ring (bicyclic) bond motifs is 11. The predicted molar refractivity (Wildman–Crippen MR) is 289 cm³/mol. The number of rotatable bonds is 7. The van der Waals surface area contributed by atoms with Crippen LogP contribution in [0.2, 0.25) is 0 Å². The van der Waals surface area contributed by atoms with Gasteiger partial charge in [0.1, 0.15) is 11.2 Å². The molecule has 3 aromatic heterocycles. The van der Waals surface area contributed by atoms with Gasteiger partial charge in [-0.25, -0.2) is 0 Å². The number of anilines is 3. The van der Waals surface area contributed by atoms with E-state index in [2.05, 4.69) is 252 Å². The van der Waals surface area contributed by atoms with Gasteiger partial charge < -0.3 is 13.9 Å². The van der Waals surface area contributed by atoms with Crippen molar-refractivity contribution in [1.82, 2.24) is 4.57 Å². The fraction of sp³-hybridized carbons (Fsp3) is 0. The van der Waals surface area contributed by atoms with Crippen molar-refractivity contribution in [2.45, 2.75) is 0 Å². The van der Waals surface area contributed by atoms with Crippen molar-refractivity contribution in [2.75, 3.05) is 4.90 Å². The van der Waals surface area contributed by atoms with Crippen LogP contribution in [-0.2, 0) is 0 Å². The van der Waals surface area contributed by atoms with Gasteiger partial charge in [-0.05, 0) is 124 Å². The Bertz CT molecular complexity index is 4200. The molecule has 68 heavy (non-hydrogen) atoms. The predicted octanol–water partition coefficient (Wildman–Crippen LogP) is 18.7. The molecule has 0 fully saturated rings. The van der Waals surface area contributed by atoms with Gasteiger partial charge in [0, 0.05) is 69.9 Å². The van der Waals surface area contributed by atoms with E-state index in [9.17, 15) is 0 Å². The third-order valence-corrected chi connectivity index (χ3v) is 14.9. The Morgan fingerprint density at radius 2 is 0.897 bits per heavy atom. The van der Waals surface area contributed by atoms with Crippen LogP contribution in [0.4, 0.5) is 17.1 Å². The quantitative estimate of drug-likeness (QED) is 0.159. The summed E-state index contributed by atoms with van der Waals surface area (Å²) in [5, 5.41) is 9.73. The lowest BCUT2D eigenvalue weighted by Crippen LogP contribution is -2.09. The average Bonchev–Trinajstić information content (AvgIpc) is 4.10. The second-order valence-corrected chi connectivity index (χ2v) is 18.7. The molecule has 0 aliphatic heterocycles. The zero-order valence-electron chi connectivity index (χ0n) is 36.8. The smallest absolute Gasteiger partial charge is 0.143 e. The Kier molecular flexibility index (Phi) is 8.76. The highest BCUT2D eigenvalue weighted by Crippen LogP contribution is 2.44. The minimum Gasteiger partial charge on any atom is -0.455 e. The lowest BCUT2D eigenvalue weighted by Gasteiger charge is -2.26. The minimum absolute atomic E-state index is 0.895. The minimum atomic E-state index is 0.895. The maximum absolute atomic E-state index is 6.58. The van der Waals surface area contributed by atoms with Crippen LogP contribution in [0.1, 0.15) is 0 Å². The van der Waals surface area contributed by atoms with Crippen LogP contribution in [0.5, 0.6) is 0 Å². The van der Waals surface area contributed by atoms with E-state index >= 15 is 0 Å². The molecule has 3 nitrogen and oxygen atoms in total. The van der Waals surface area contributed by atoms with Gasteiger partial charge in [0.2, 0.25) is 0 Å². The number of hydrogen-bond donors (Lipinski definition) is 0. The third-order valence-electron chi connectivity index (χ3n) is 13.8. The summed E-state index contributed by atoms with van der Waals surface area (Å²) in [6, 6.07) is 88.1. The van der Waals surface area contributed by atoms with E-state index in [1.807, 2.05) is 11.3 Å². The highest BCUT2D eigenvalue weighted by Gasteiger charge is 2.19. The van der Waals surface area contributed by atoms with Crippen LogP contribution in [-0.4, -0.2) is 4.57 Å². The van der Waals surface area contributed by atoms with Crippen LogP contribution in [0, 0.1) is 0 Å². The maximum atomic E-state index is 6.58. The van der Waals surface area contributed by atoms with Gasteiger partial charge in [0.15, 0.2) is 0 Å². The zero-order valence-corrected chi connectivity index (χ0v) is 37.6. The molecule has 14 rings (SSSR count). The van der Waals surface area contributed by atoms with Crippen molar-refractivity contribution in [2.24, 2.45) is 0 Å². The Balaban J connectivity index is 0.865. The van der Waals surface area contributed by atoms with E-state index in [1.165, 1.54) is 64.1 Å². The summed E-state index contributed by atoms with van der Waals surface area (Å²) in [5.74, 6) is 0. The van der Waals surface area contributed by atoms with Gasteiger partial charge in [-0.3, -0.25) is 0 Å². The molecule has 14 aromatic rings. The highest BCUT2D eigenvalue weighted by atomic mass is 32.1. The molecule has 0 spiro atoms. The summed E-state index contributed by atoms with van der Waals surface area (Å²) in [5.41, 5.74) is 15.7. The first-order valence-corrected chi connectivity index (χ1v) is 24.0. The number of thiophene rings is 1. The number of para-hydroxylation sites is 2. The molecule has 11 aromatic carbocycles. The Hall–Kier alpha value is -8.70. The lowest BCUT2D eigenvalue weighted by molar-refractivity contribution is 0.673. The fourth-order valence-electron chi connectivity index (χ4n) is 10.7. The molecule has 0 amide bonds. The molecule has 4 heteroatoms. The van der Waals surface area contributed by atoms with Crippen LogP contribution in [0.15, 0.2) is 247 Å². The van der Waals surface area contributed by atoms with Gasteiger partial charge in [-0.2, -0.15) is 0 Å². The monoisotopic (exact) mass is 884 g/mol. The molecule has 0 atom stereocenters. The van der Waals surface area contributed by atoms with Crippen molar-refractivity contribution in [1.29, 1.82) is 0 Å². The molecule has 3 heterocycles. The van der Waals surface area contributed by atoms with E-state index in [4.69, 9.17) is 4.42 Å². The van der Waals surface area contributed by atoms with Crippen molar-refractivity contribution >= 4 is 103 Å². The molecule has 0 aliphatic rings. The number of aromatic nitrogens is 1. The Labute approximate surface area is 396 Å². The molecule has 0 N–H and O–H groups in total. The van der Waals surface area contributed by atoms with E-state index in [0.29, 0.717) is 0 Å². The first-order valence-electron chi connectivity index (χ1n) is 23.2. The molecule has 0 saturated carbocycles. The summed E-state index contributed by atoms with van der Waals surface area (Å²) in [6.07, 6.45) is 0. The van der Waals surface area contributed by atoms with Crippen molar-refractivity contribution in [3.8, 4) is 39.1 Å². The molecule has 0 bridgehead atoms. The number of nitrogens with zero attached hydrogens (tertiary/aromatic N) is 2. The highest BCUT2D eigenvalue weighted by molar-refractivity contribution is 7.25. The van der Waals surface area contributed by atoms with Gasteiger partial charge >= 0.3 is 0 Å². The Morgan fingerprint density at radius 3 is 1.59 bits per heavy atom. The number of benzene rings is 11. The first kappa shape index (κ1) is 38.6. The lowest BCUT2D eigenvalue weighted by atomic mass is 9.97. The molecule has 0 radical (unpaired) electrons. The van der Waals surface area contributed by atoms with Crippen LogP contribution in [0.25, 0.3) is 114 Å². The summed E-state index contributed by atoms with van der Waals surface area (Å²) in [4.78, 5) is 2.37. The topological polar surface area (TPSA) is 21.3 Å². The van der Waals surface area contributed by atoms with Gasteiger partial charge in [0.25, 0.3) is 0 Å². The summed E-state index contributed by atoms with van der Waals surface area (Å²) >= 11 is 1.86. The summed E-state index contributed by atoms with van der Waals surface area (Å²) in [7, 11) is 0. The van der Waals surface area contributed by atoms with E-state index in [1.54, 1.807) is 0 Å². The van der Waals surface area contributed by atoms with Crippen molar-refractivity contribution in [3.05, 3.63) is 243 Å². The normalized spacial score (nSPS) is 11.8. The molecule has 0 unspecified atom stereocenters. The van der Waals surface area contributed by atoms with Gasteiger partial charge in [-0.1, -0.05) is 158 Å². The van der Waals surface area contributed by atoms with Gasteiger partial charge in [-0.15, -0.1) is 11.3 Å². The van der Waals surface area contributed by atoms with E-state index in [-0.39, 0.29) is 0 Å². The van der Waals surface area contributed by atoms with Crippen molar-refractivity contribution < 1.29 is 4.42 Å². The van der Waals surface area contributed by atoms with Gasteiger partial charge in [0.05, 0.1) is 11.0 Å². The zero-order chi connectivity index (χ0) is 44.7. The first-order chi connectivity index (χ1) is 33.7. The molecule has 318 valence electrons. The molecular weight excluding hydrogens is 845 g/mol. The Morgan fingerprint density at radius 1 is 0.353 bits per heavy atom. The van der Waals surface area contributed by atoms with Crippen LogP contribution < -0.4 is 4.90 Å². The largest absolute Gasteiger partial charge is 0.455 e. The number of hydrogen-bond acceptors (Lipinski definition) is 3. The van der Waals surface area contributed by atoms with E-state index < -0.39 is 0 Å². The molecule has 0 saturated heterocycles.